The van der Waals surface area contributed by atoms with Crippen molar-refractivity contribution in [1.82, 2.24) is 14.8 Å². The van der Waals surface area contributed by atoms with E-state index in [9.17, 15) is 27.9 Å². The van der Waals surface area contributed by atoms with Gasteiger partial charge in [-0.05, 0) is 37.0 Å². The number of aliphatic carboxylic acids is 1. The Labute approximate surface area is 170 Å². The summed E-state index contributed by atoms with van der Waals surface area (Å²) in [5.74, 6) is -2.55. The van der Waals surface area contributed by atoms with Crippen LogP contribution in [0.25, 0.3) is 0 Å². The summed E-state index contributed by atoms with van der Waals surface area (Å²) in [6.07, 6.45) is 0.484. The third-order valence-electron chi connectivity index (χ3n) is 5.70. The van der Waals surface area contributed by atoms with Gasteiger partial charge in [-0.1, -0.05) is 0 Å². The first kappa shape index (κ1) is 22.0. The number of alkyl halides is 3. The van der Waals surface area contributed by atoms with Crippen molar-refractivity contribution in [3.8, 4) is 0 Å². The number of halogens is 3. The third kappa shape index (κ3) is 4.72. The Bertz CT molecular complexity index is 798. The average Bonchev–Trinajstić information content (AvgIpc) is 3.19. The monoisotopic (exact) mass is 429 g/mol. The molecule has 2 aliphatic heterocycles. The van der Waals surface area contributed by atoms with Crippen LogP contribution in [0.5, 0.6) is 0 Å². The van der Waals surface area contributed by atoms with Gasteiger partial charge in [-0.3, -0.25) is 14.6 Å². The fraction of sp³-hybridized carbons (Fsp3) is 0.579. The summed E-state index contributed by atoms with van der Waals surface area (Å²) in [5, 5.41) is 16.5. The van der Waals surface area contributed by atoms with Gasteiger partial charge in [-0.2, -0.15) is 13.2 Å². The van der Waals surface area contributed by atoms with E-state index in [1.807, 2.05) is 21.9 Å². The van der Waals surface area contributed by atoms with Gasteiger partial charge < -0.3 is 20.0 Å². The van der Waals surface area contributed by atoms with Crippen LogP contribution in [0.2, 0.25) is 0 Å². The van der Waals surface area contributed by atoms with Crippen molar-refractivity contribution in [2.75, 3.05) is 6.54 Å². The lowest BCUT2D eigenvalue weighted by molar-refractivity contribution is -0.192. The highest BCUT2D eigenvalue weighted by Crippen LogP contribution is 2.37. The summed E-state index contributed by atoms with van der Waals surface area (Å²) >= 11 is 0. The first-order valence-electron chi connectivity index (χ1n) is 9.55. The Balaban J connectivity index is 0.000000318. The zero-order chi connectivity index (χ0) is 22.1. The molecule has 2 N–H and O–H groups in total. The molecule has 0 aromatic carbocycles. The molecule has 3 heterocycles. The molecular formula is C19H22F3N3O5. The number of aliphatic hydroxyl groups excluding tert-OH is 1. The van der Waals surface area contributed by atoms with E-state index >= 15 is 0 Å². The van der Waals surface area contributed by atoms with Crippen molar-refractivity contribution >= 4 is 17.8 Å². The fourth-order valence-corrected chi connectivity index (χ4v) is 4.12. The SMILES string of the molecule is O=C(O)C(F)(F)F.O=C1C[C@H]2[C@@H](CCN2C(=O)C2CC(O)C2)N1Cc1ccncc1. The minimum atomic E-state index is -5.08. The predicted octanol–water partition coefficient (Wildman–Crippen LogP) is 1.19. The van der Waals surface area contributed by atoms with Gasteiger partial charge in [-0.15, -0.1) is 0 Å². The second-order valence-electron chi connectivity index (χ2n) is 7.66. The summed E-state index contributed by atoms with van der Waals surface area (Å²) in [4.78, 5) is 41.7. The van der Waals surface area contributed by atoms with Crippen LogP contribution in [0.3, 0.4) is 0 Å². The molecule has 0 unspecified atom stereocenters. The van der Waals surface area contributed by atoms with Crippen molar-refractivity contribution in [3.63, 3.8) is 0 Å². The quantitative estimate of drug-likeness (QED) is 0.747. The summed E-state index contributed by atoms with van der Waals surface area (Å²) in [6.45, 7) is 1.31. The molecule has 4 rings (SSSR count). The number of carboxylic acids is 1. The number of pyridine rings is 1. The van der Waals surface area contributed by atoms with E-state index in [4.69, 9.17) is 9.90 Å². The van der Waals surface area contributed by atoms with Crippen LogP contribution < -0.4 is 0 Å². The van der Waals surface area contributed by atoms with Gasteiger partial charge >= 0.3 is 12.1 Å². The van der Waals surface area contributed by atoms with Gasteiger partial charge in [0, 0.05) is 37.8 Å². The highest BCUT2D eigenvalue weighted by Gasteiger charge is 2.50. The lowest BCUT2D eigenvalue weighted by atomic mass is 9.81. The van der Waals surface area contributed by atoms with Crippen molar-refractivity contribution in [3.05, 3.63) is 30.1 Å². The molecule has 3 fully saturated rings. The number of carbonyl (C=O) groups is 3. The normalized spacial score (nSPS) is 27.8. The van der Waals surface area contributed by atoms with Gasteiger partial charge in [0.1, 0.15) is 0 Å². The summed E-state index contributed by atoms with van der Waals surface area (Å²) < 4.78 is 31.7. The molecule has 30 heavy (non-hydrogen) atoms. The van der Waals surface area contributed by atoms with Crippen LogP contribution >= 0.6 is 0 Å². The highest BCUT2D eigenvalue weighted by molar-refractivity contribution is 5.85. The Morgan fingerprint density at radius 1 is 1.17 bits per heavy atom. The molecule has 8 nitrogen and oxygen atoms in total. The average molecular weight is 429 g/mol. The molecule has 11 heteroatoms. The lowest BCUT2D eigenvalue weighted by Gasteiger charge is -2.35. The predicted molar refractivity (Wildman–Crippen MR) is 95.7 cm³/mol. The lowest BCUT2D eigenvalue weighted by Crippen LogP contribution is -2.46. The minimum Gasteiger partial charge on any atom is -0.475 e. The van der Waals surface area contributed by atoms with E-state index in [1.165, 1.54) is 0 Å². The molecule has 0 spiro atoms. The van der Waals surface area contributed by atoms with Crippen molar-refractivity contribution in [2.24, 2.45) is 5.92 Å². The van der Waals surface area contributed by atoms with Gasteiger partial charge in [0.2, 0.25) is 11.8 Å². The number of aromatic nitrogens is 1. The molecule has 1 aliphatic carbocycles. The molecule has 2 saturated heterocycles. The largest absolute Gasteiger partial charge is 0.490 e. The number of carbonyl (C=O) groups excluding carboxylic acids is 2. The second kappa shape index (κ2) is 8.58. The molecule has 1 aromatic rings. The van der Waals surface area contributed by atoms with E-state index in [0.717, 1.165) is 18.5 Å². The van der Waals surface area contributed by atoms with Gasteiger partial charge in [0.25, 0.3) is 0 Å². The molecule has 0 bridgehead atoms. The van der Waals surface area contributed by atoms with E-state index in [1.54, 1.807) is 12.4 Å². The number of hydrogen-bond acceptors (Lipinski definition) is 5. The topological polar surface area (TPSA) is 111 Å². The second-order valence-corrected chi connectivity index (χ2v) is 7.66. The Kier molecular flexibility index (Phi) is 6.30. The van der Waals surface area contributed by atoms with E-state index in [2.05, 4.69) is 4.98 Å². The number of nitrogens with zero attached hydrogens (tertiary/aromatic N) is 3. The maximum Gasteiger partial charge on any atom is 0.490 e. The van der Waals surface area contributed by atoms with Crippen LogP contribution in [0.1, 0.15) is 31.2 Å². The zero-order valence-electron chi connectivity index (χ0n) is 16.0. The maximum atomic E-state index is 12.6. The van der Waals surface area contributed by atoms with Crippen molar-refractivity contribution in [2.45, 2.75) is 56.6 Å². The fourth-order valence-electron chi connectivity index (χ4n) is 4.12. The number of hydrogen-bond donors (Lipinski definition) is 2. The van der Waals surface area contributed by atoms with Crippen LogP contribution in [0, 0.1) is 5.92 Å². The van der Waals surface area contributed by atoms with Crippen LogP contribution in [-0.4, -0.2) is 73.7 Å². The minimum absolute atomic E-state index is 0.00887. The first-order valence-corrected chi connectivity index (χ1v) is 9.55. The standard InChI is InChI=1S/C17H21N3O3.C2HF3O2/c21-13-7-12(8-13)17(23)19-6-3-14-15(19)9-16(22)20(14)10-11-1-4-18-5-2-11;3-2(4,5)1(6)7/h1-2,4-5,12-15,21H,3,6-10H2;(H,6,7)/t12?,13?,14-,15+;/m1./s1. The van der Waals surface area contributed by atoms with Crippen LogP contribution in [0.15, 0.2) is 24.5 Å². The summed E-state index contributed by atoms with van der Waals surface area (Å²) in [6, 6.07) is 3.99. The van der Waals surface area contributed by atoms with Crippen molar-refractivity contribution in [1.29, 1.82) is 0 Å². The number of rotatable bonds is 3. The molecular weight excluding hydrogens is 407 g/mol. The molecule has 1 aromatic heterocycles. The van der Waals surface area contributed by atoms with Crippen LogP contribution in [-0.2, 0) is 20.9 Å². The molecule has 164 valence electrons. The van der Waals surface area contributed by atoms with Gasteiger partial charge in [0.15, 0.2) is 0 Å². The van der Waals surface area contributed by atoms with Gasteiger partial charge in [0.05, 0.1) is 18.2 Å². The van der Waals surface area contributed by atoms with E-state index in [-0.39, 0.29) is 35.9 Å². The number of carboxylic acid groups (broad SMARTS) is 1. The maximum absolute atomic E-state index is 12.6. The highest BCUT2D eigenvalue weighted by atomic mass is 19.4. The number of aliphatic hydroxyl groups is 1. The van der Waals surface area contributed by atoms with Crippen LogP contribution in [0.4, 0.5) is 13.2 Å². The Morgan fingerprint density at radius 3 is 2.30 bits per heavy atom. The Hall–Kier alpha value is -2.69. The van der Waals surface area contributed by atoms with Crippen molar-refractivity contribution < 1.29 is 37.8 Å². The molecule has 3 aliphatic rings. The number of fused-ring (bicyclic) bond motifs is 1. The van der Waals surface area contributed by atoms with E-state index < -0.39 is 12.1 Å². The first-order chi connectivity index (χ1) is 14.1. The zero-order valence-corrected chi connectivity index (χ0v) is 16.0. The summed E-state index contributed by atoms with van der Waals surface area (Å²) in [7, 11) is 0. The number of amides is 2. The molecule has 1 saturated carbocycles. The number of likely N-dealkylation sites (tertiary alicyclic amines) is 2. The smallest absolute Gasteiger partial charge is 0.475 e. The van der Waals surface area contributed by atoms with Gasteiger partial charge in [-0.25, -0.2) is 4.79 Å². The Morgan fingerprint density at radius 2 is 1.77 bits per heavy atom. The molecule has 2 amide bonds. The third-order valence-corrected chi connectivity index (χ3v) is 5.70. The molecule has 0 radical (unpaired) electrons. The molecule has 2 atom stereocenters. The van der Waals surface area contributed by atoms with E-state index in [0.29, 0.717) is 25.8 Å². The summed E-state index contributed by atoms with van der Waals surface area (Å²) in [5.41, 5.74) is 1.07.